The minimum atomic E-state index is -1.12. The van der Waals surface area contributed by atoms with Crippen molar-refractivity contribution in [2.45, 2.75) is 0 Å². The van der Waals surface area contributed by atoms with Gasteiger partial charge < -0.3 is 9.52 Å². The number of furan rings is 1. The molecule has 6 heteroatoms. The Morgan fingerprint density at radius 1 is 0.964 bits per heavy atom. The number of carbonyl (C=O) groups is 2. The van der Waals surface area contributed by atoms with Crippen LogP contribution in [-0.4, -0.2) is 17.4 Å². The fourth-order valence-corrected chi connectivity index (χ4v) is 3.30. The third-order valence-corrected chi connectivity index (χ3v) is 4.81. The number of rotatable bonds is 4. The Kier molecular flexibility index (Phi) is 4.45. The fraction of sp³-hybridized carbons (Fsp3) is 0. The minimum Gasteiger partial charge on any atom is -0.478 e. The third kappa shape index (κ3) is 3.06. The van der Waals surface area contributed by atoms with E-state index in [4.69, 9.17) is 16.0 Å². The molecule has 0 spiro atoms. The zero-order chi connectivity index (χ0) is 19.8. The number of fused-ring (bicyclic) bond motifs is 1. The van der Waals surface area contributed by atoms with Gasteiger partial charge in [-0.05, 0) is 59.7 Å². The standard InChI is InChI=1S/C22H12ClFO4/c23-19-7-3-13(10-17(19)22(26)27)14-4-8-20-16(9-14)18(11-25)21(28-20)12-1-5-15(24)6-2-12/h1-11H,(H,26,27). The summed E-state index contributed by atoms with van der Waals surface area (Å²) in [6.45, 7) is 0. The first-order valence-corrected chi connectivity index (χ1v) is 8.66. The molecule has 0 aliphatic heterocycles. The molecule has 1 N–H and O–H groups in total. The van der Waals surface area contributed by atoms with E-state index >= 15 is 0 Å². The van der Waals surface area contributed by atoms with E-state index in [0.29, 0.717) is 45.3 Å². The Morgan fingerprint density at radius 3 is 2.29 bits per heavy atom. The first-order valence-electron chi connectivity index (χ1n) is 8.29. The van der Waals surface area contributed by atoms with E-state index in [0.717, 1.165) is 0 Å². The van der Waals surface area contributed by atoms with E-state index in [1.54, 1.807) is 36.4 Å². The fourth-order valence-electron chi connectivity index (χ4n) is 3.10. The molecule has 0 aliphatic rings. The predicted molar refractivity (Wildman–Crippen MR) is 104 cm³/mol. The normalized spacial score (nSPS) is 10.9. The highest BCUT2D eigenvalue weighted by Crippen LogP contribution is 2.35. The van der Waals surface area contributed by atoms with Crippen molar-refractivity contribution in [1.82, 2.24) is 0 Å². The zero-order valence-corrected chi connectivity index (χ0v) is 15.0. The average molecular weight is 395 g/mol. The lowest BCUT2D eigenvalue weighted by molar-refractivity contribution is 0.0697. The van der Waals surface area contributed by atoms with Crippen LogP contribution in [0.2, 0.25) is 5.02 Å². The zero-order valence-electron chi connectivity index (χ0n) is 14.3. The Balaban J connectivity index is 1.88. The van der Waals surface area contributed by atoms with Crippen LogP contribution in [0.4, 0.5) is 4.39 Å². The number of carboxylic acids is 1. The van der Waals surface area contributed by atoms with Gasteiger partial charge >= 0.3 is 5.97 Å². The van der Waals surface area contributed by atoms with Crippen molar-refractivity contribution in [2.75, 3.05) is 0 Å². The Labute approximate surface area is 163 Å². The van der Waals surface area contributed by atoms with Gasteiger partial charge in [-0.25, -0.2) is 9.18 Å². The smallest absolute Gasteiger partial charge is 0.337 e. The van der Waals surface area contributed by atoms with Gasteiger partial charge in [0.2, 0.25) is 0 Å². The molecule has 4 rings (SSSR count). The highest BCUT2D eigenvalue weighted by Gasteiger charge is 2.17. The molecule has 0 saturated heterocycles. The van der Waals surface area contributed by atoms with Crippen LogP contribution in [0.3, 0.4) is 0 Å². The molecule has 0 amide bonds. The number of carbonyl (C=O) groups excluding carboxylic acids is 1. The number of benzene rings is 3. The Morgan fingerprint density at radius 2 is 1.61 bits per heavy atom. The molecule has 0 saturated carbocycles. The molecule has 4 nitrogen and oxygen atoms in total. The lowest BCUT2D eigenvalue weighted by atomic mass is 9.99. The van der Waals surface area contributed by atoms with Crippen molar-refractivity contribution in [2.24, 2.45) is 0 Å². The molecule has 0 atom stereocenters. The maximum absolute atomic E-state index is 13.2. The number of aromatic carboxylic acids is 1. The summed E-state index contributed by atoms with van der Waals surface area (Å²) in [7, 11) is 0. The van der Waals surface area contributed by atoms with Gasteiger partial charge in [0.15, 0.2) is 6.29 Å². The summed E-state index contributed by atoms with van der Waals surface area (Å²) in [5, 5.41) is 10.00. The number of carboxylic acid groups (broad SMARTS) is 1. The van der Waals surface area contributed by atoms with Gasteiger partial charge in [-0.3, -0.25) is 4.79 Å². The molecule has 0 radical (unpaired) electrons. The van der Waals surface area contributed by atoms with E-state index in [9.17, 15) is 19.1 Å². The first-order chi connectivity index (χ1) is 13.5. The van der Waals surface area contributed by atoms with Gasteiger partial charge in [0.25, 0.3) is 0 Å². The van der Waals surface area contributed by atoms with Gasteiger partial charge in [-0.2, -0.15) is 0 Å². The van der Waals surface area contributed by atoms with Crippen LogP contribution in [0, 0.1) is 5.82 Å². The van der Waals surface area contributed by atoms with Crippen molar-refractivity contribution in [3.8, 4) is 22.5 Å². The number of hydrogen-bond acceptors (Lipinski definition) is 3. The lowest BCUT2D eigenvalue weighted by Gasteiger charge is -2.05. The topological polar surface area (TPSA) is 67.5 Å². The molecular weight excluding hydrogens is 383 g/mol. The molecule has 3 aromatic carbocycles. The van der Waals surface area contributed by atoms with Gasteiger partial charge in [-0.1, -0.05) is 23.7 Å². The van der Waals surface area contributed by atoms with Gasteiger partial charge in [0.1, 0.15) is 17.2 Å². The molecule has 4 aromatic rings. The summed E-state index contributed by atoms with van der Waals surface area (Å²) in [6, 6.07) is 15.6. The predicted octanol–water partition coefficient (Wildman–Crippen LogP) is 6.07. The quantitative estimate of drug-likeness (QED) is 0.426. The molecule has 1 aromatic heterocycles. The third-order valence-electron chi connectivity index (χ3n) is 4.48. The van der Waals surface area contributed by atoms with Gasteiger partial charge in [0, 0.05) is 10.9 Å². The summed E-state index contributed by atoms with van der Waals surface area (Å²) >= 11 is 5.93. The number of aldehydes is 1. The largest absolute Gasteiger partial charge is 0.478 e. The molecule has 0 aliphatic carbocycles. The summed E-state index contributed by atoms with van der Waals surface area (Å²) in [5.74, 6) is -1.15. The van der Waals surface area contributed by atoms with Crippen LogP contribution in [0.25, 0.3) is 33.4 Å². The maximum atomic E-state index is 13.2. The molecule has 0 unspecified atom stereocenters. The van der Waals surface area contributed by atoms with Crippen LogP contribution in [0.5, 0.6) is 0 Å². The summed E-state index contributed by atoms with van der Waals surface area (Å²) in [5.41, 5.74) is 2.77. The van der Waals surface area contributed by atoms with Crippen LogP contribution >= 0.6 is 11.6 Å². The average Bonchev–Trinajstić information content (AvgIpc) is 3.06. The molecule has 1 heterocycles. The van der Waals surface area contributed by atoms with Crippen molar-refractivity contribution in [3.05, 3.63) is 82.6 Å². The highest BCUT2D eigenvalue weighted by atomic mass is 35.5. The first kappa shape index (κ1) is 17.9. The lowest BCUT2D eigenvalue weighted by Crippen LogP contribution is -1.97. The van der Waals surface area contributed by atoms with Gasteiger partial charge in [-0.15, -0.1) is 0 Å². The summed E-state index contributed by atoms with van der Waals surface area (Å²) in [6.07, 6.45) is 0.693. The second kappa shape index (κ2) is 6.94. The molecule has 0 bridgehead atoms. The van der Waals surface area contributed by atoms with Crippen molar-refractivity contribution < 1.29 is 23.5 Å². The minimum absolute atomic E-state index is 0.00549. The van der Waals surface area contributed by atoms with Crippen molar-refractivity contribution in [1.29, 1.82) is 0 Å². The second-order valence-electron chi connectivity index (χ2n) is 6.18. The Bertz CT molecular complexity index is 1230. The van der Waals surface area contributed by atoms with E-state index in [-0.39, 0.29) is 16.4 Å². The SMILES string of the molecule is O=Cc1c(-c2ccc(F)cc2)oc2ccc(-c3ccc(Cl)c(C(=O)O)c3)cc12. The molecule has 28 heavy (non-hydrogen) atoms. The van der Waals surface area contributed by atoms with Crippen LogP contribution in [0.15, 0.2) is 65.1 Å². The number of halogens is 2. The van der Waals surface area contributed by atoms with Crippen molar-refractivity contribution >= 4 is 34.8 Å². The molecule has 138 valence electrons. The van der Waals surface area contributed by atoms with Crippen LogP contribution in [-0.2, 0) is 0 Å². The maximum Gasteiger partial charge on any atom is 0.337 e. The van der Waals surface area contributed by atoms with Crippen LogP contribution < -0.4 is 0 Å². The highest BCUT2D eigenvalue weighted by molar-refractivity contribution is 6.33. The summed E-state index contributed by atoms with van der Waals surface area (Å²) < 4.78 is 19.0. The van der Waals surface area contributed by atoms with Gasteiger partial charge in [0.05, 0.1) is 16.1 Å². The van der Waals surface area contributed by atoms with Crippen LogP contribution in [0.1, 0.15) is 20.7 Å². The van der Waals surface area contributed by atoms with E-state index in [1.807, 2.05) is 0 Å². The Hall–Kier alpha value is -3.44. The van der Waals surface area contributed by atoms with Crippen molar-refractivity contribution in [3.63, 3.8) is 0 Å². The summed E-state index contributed by atoms with van der Waals surface area (Å²) in [4.78, 5) is 23.1. The van der Waals surface area contributed by atoms with E-state index in [1.165, 1.54) is 24.3 Å². The van der Waals surface area contributed by atoms with E-state index < -0.39 is 5.97 Å². The molecule has 0 fully saturated rings. The number of hydrogen-bond donors (Lipinski definition) is 1. The monoisotopic (exact) mass is 394 g/mol. The van der Waals surface area contributed by atoms with E-state index in [2.05, 4.69) is 0 Å². The molecular formula is C22H12ClFO4. The second-order valence-corrected chi connectivity index (χ2v) is 6.59.